The highest BCUT2D eigenvalue weighted by Gasteiger charge is 2.38. The van der Waals surface area contributed by atoms with Crippen LogP contribution in [0.15, 0.2) is 41.7 Å². The molecule has 0 saturated carbocycles. The van der Waals surface area contributed by atoms with Crippen molar-refractivity contribution in [2.75, 3.05) is 0 Å². The molecule has 1 aliphatic rings. The smallest absolute Gasteiger partial charge is 0.387 e. The summed E-state index contributed by atoms with van der Waals surface area (Å²) in [6.07, 6.45) is 4.36. The van der Waals surface area contributed by atoms with Crippen molar-refractivity contribution in [3.63, 3.8) is 0 Å². The number of alkyl halides is 2. The minimum atomic E-state index is -2.92. The first kappa shape index (κ1) is 18.4. The van der Waals surface area contributed by atoms with Gasteiger partial charge in [-0.1, -0.05) is 19.1 Å². The van der Waals surface area contributed by atoms with Crippen LogP contribution in [0.5, 0.6) is 5.75 Å². The summed E-state index contributed by atoms with van der Waals surface area (Å²) >= 11 is 0. The lowest BCUT2D eigenvalue weighted by Gasteiger charge is -2.31. The van der Waals surface area contributed by atoms with Crippen molar-refractivity contribution < 1.29 is 23.1 Å². The van der Waals surface area contributed by atoms with Gasteiger partial charge in [-0.05, 0) is 17.7 Å². The third-order valence-corrected chi connectivity index (χ3v) is 3.33. The van der Waals surface area contributed by atoms with Crippen molar-refractivity contribution in [3.05, 3.63) is 42.2 Å². The van der Waals surface area contributed by atoms with E-state index < -0.39 is 18.2 Å². The van der Waals surface area contributed by atoms with Gasteiger partial charge in [-0.2, -0.15) is 8.78 Å². The van der Waals surface area contributed by atoms with Crippen molar-refractivity contribution in [2.45, 2.75) is 32.2 Å². The summed E-state index contributed by atoms with van der Waals surface area (Å²) in [6, 6.07) is 5.97. The molecule has 3 N–H and O–H groups in total. The molecule has 9 heteroatoms. The minimum absolute atomic E-state index is 0.00367. The standard InChI is InChI=1S/C16H18F2N4O3/c1-2-13(23)22-16(10-19-6-7-21-16)14(24)20-9-11-4-3-5-12(8-11)25-15(17)18/h3-8,10,15,21H,2,9H2,1H3,(H,20,24)(H,22,23). The summed E-state index contributed by atoms with van der Waals surface area (Å²) in [5.74, 6) is -0.879. The van der Waals surface area contributed by atoms with Gasteiger partial charge >= 0.3 is 6.61 Å². The number of rotatable bonds is 7. The maximum atomic E-state index is 12.5. The first-order valence-electron chi connectivity index (χ1n) is 7.55. The molecule has 2 amide bonds. The SMILES string of the molecule is CCC(=O)NC1(C(=O)NCc2cccc(OC(F)F)c2)C=NC=CN1. The first-order valence-corrected chi connectivity index (χ1v) is 7.55. The van der Waals surface area contributed by atoms with E-state index in [4.69, 9.17) is 0 Å². The van der Waals surface area contributed by atoms with E-state index in [1.165, 1.54) is 36.8 Å². The van der Waals surface area contributed by atoms with Gasteiger partial charge in [0.2, 0.25) is 11.6 Å². The molecule has 0 spiro atoms. The summed E-state index contributed by atoms with van der Waals surface area (Å²) in [5.41, 5.74) is -0.939. The summed E-state index contributed by atoms with van der Waals surface area (Å²) in [4.78, 5) is 28.1. The van der Waals surface area contributed by atoms with Crippen molar-refractivity contribution in [1.29, 1.82) is 0 Å². The van der Waals surface area contributed by atoms with E-state index in [9.17, 15) is 18.4 Å². The molecule has 0 bridgehead atoms. The third-order valence-electron chi connectivity index (χ3n) is 3.33. The van der Waals surface area contributed by atoms with Gasteiger partial charge in [-0.25, -0.2) is 0 Å². The Morgan fingerprint density at radius 3 is 2.84 bits per heavy atom. The average molecular weight is 352 g/mol. The second kappa shape index (κ2) is 8.22. The second-order valence-electron chi connectivity index (χ2n) is 5.16. The van der Waals surface area contributed by atoms with Crippen molar-refractivity contribution in [3.8, 4) is 5.75 Å². The maximum Gasteiger partial charge on any atom is 0.387 e. The van der Waals surface area contributed by atoms with Crippen LogP contribution in [0.25, 0.3) is 0 Å². The number of benzene rings is 1. The zero-order valence-electron chi connectivity index (χ0n) is 13.5. The molecule has 2 rings (SSSR count). The van der Waals surface area contributed by atoms with E-state index >= 15 is 0 Å². The third kappa shape index (κ3) is 5.00. The highest BCUT2D eigenvalue weighted by molar-refractivity contribution is 6.06. The van der Waals surface area contributed by atoms with Crippen molar-refractivity contribution in [2.24, 2.45) is 4.99 Å². The number of amides is 2. The zero-order chi connectivity index (χ0) is 18.3. The Morgan fingerprint density at radius 1 is 1.40 bits per heavy atom. The fraction of sp³-hybridized carbons (Fsp3) is 0.312. The Balaban J connectivity index is 2.05. The van der Waals surface area contributed by atoms with Gasteiger partial charge in [-0.3, -0.25) is 14.6 Å². The Labute approximate surface area is 143 Å². The van der Waals surface area contributed by atoms with Crippen LogP contribution in [0, 0.1) is 0 Å². The summed E-state index contributed by atoms with van der Waals surface area (Å²) in [6.45, 7) is -1.21. The number of nitrogens with zero attached hydrogens (tertiary/aromatic N) is 1. The molecule has 7 nitrogen and oxygen atoms in total. The van der Waals surface area contributed by atoms with E-state index in [1.54, 1.807) is 13.0 Å². The quantitative estimate of drug-likeness (QED) is 0.689. The topological polar surface area (TPSA) is 91.8 Å². The molecule has 25 heavy (non-hydrogen) atoms. The van der Waals surface area contributed by atoms with Gasteiger partial charge in [0.1, 0.15) is 5.75 Å². The van der Waals surface area contributed by atoms with Crippen LogP contribution in [0.4, 0.5) is 8.78 Å². The lowest BCUT2D eigenvalue weighted by Crippen LogP contribution is -2.67. The first-order chi connectivity index (χ1) is 11.9. The molecule has 134 valence electrons. The largest absolute Gasteiger partial charge is 0.435 e. The molecule has 0 aliphatic carbocycles. The van der Waals surface area contributed by atoms with Gasteiger partial charge in [0.05, 0.1) is 6.21 Å². The van der Waals surface area contributed by atoms with E-state index in [2.05, 4.69) is 25.7 Å². The molecule has 1 heterocycles. The van der Waals surface area contributed by atoms with E-state index in [0.29, 0.717) is 5.56 Å². The second-order valence-corrected chi connectivity index (χ2v) is 5.16. The van der Waals surface area contributed by atoms with Crippen LogP contribution >= 0.6 is 0 Å². The average Bonchev–Trinajstić information content (AvgIpc) is 2.60. The van der Waals surface area contributed by atoms with Crippen LogP contribution in [0.3, 0.4) is 0 Å². The zero-order valence-corrected chi connectivity index (χ0v) is 13.5. The van der Waals surface area contributed by atoms with Gasteiger partial charge < -0.3 is 20.7 Å². The summed E-state index contributed by atoms with van der Waals surface area (Å²) in [7, 11) is 0. The number of halogens is 2. The molecule has 0 fully saturated rings. The highest BCUT2D eigenvalue weighted by atomic mass is 19.3. The van der Waals surface area contributed by atoms with Crippen LogP contribution in [0.2, 0.25) is 0 Å². The molecule has 1 aliphatic heterocycles. The normalized spacial score (nSPS) is 18.6. The molecule has 1 atom stereocenters. The Bertz CT molecular complexity index is 694. The predicted molar refractivity (Wildman–Crippen MR) is 86.9 cm³/mol. The summed E-state index contributed by atoms with van der Waals surface area (Å²) < 4.78 is 28.8. The fourth-order valence-electron chi connectivity index (χ4n) is 2.11. The van der Waals surface area contributed by atoms with Crippen molar-refractivity contribution >= 4 is 18.0 Å². The molecule has 0 aromatic heterocycles. The summed E-state index contributed by atoms with van der Waals surface area (Å²) in [5, 5.41) is 7.98. The molecule has 0 saturated heterocycles. The predicted octanol–water partition coefficient (Wildman–Crippen LogP) is 1.27. The number of hydrogen-bond donors (Lipinski definition) is 3. The molecular formula is C16H18F2N4O3. The van der Waals surface area contributed by atoms with Crippen LogP contribution < -0.4 is 20.7 Å². The van der Waals surface area contributed by atoms with Crippen LogP contribution in [-0.2, 0) is 16.1 Å². The molecule has 1 unspecified atom stereocenters. The van der Waals surface area contributed by atoms with E-state index in [1.807, 2.05) is 0 Å². The molecule has 1 aromatic carbocycles. The molecule has 1 aromatic rings. The van der Waals surface area contributed by atoms with Crippen molar-refractivity contribution in [1.82, 2.24) is 16.0 Å². The van der Waals surface area contributed by atoms with E-state index in [-0.39, 0.29) is 24.6 Å². The van der Waals surface area contributed by atoms with Crippen LogP contribution in [0.1, 0.15) is 18.9 Å². The van der Waals surface area contributed by atoms with Gasteiger partial charge in [0.25, 0.3) is 5.91 Å². The minimum Gasteiger partial charge on any atom is -0.435 e. The lowest BCUT2D eigenvalue weighted by atomic mass is 10.1. The number of carbonyl (C=O) groups excluding carboxylic acids is 2. The van der Waals surface area contributed by atoms with Crippen LogP contribution in [-0.4, -0.2) is 30.3 Å². The number of carbonyl (C=O) groups is 2. The monoisotopic (exact) mass is 352 g/mol. The maximum absolute atomic E-state index is 12.5. The van der Waals surface area contributed by atoms with E-state index in [0.717, 1.165) is 0 Å². The Hall–Kier alpha value is -2.97. The Morgan fingerprint density at radius 2 is 2.20 bits per heavy atom. The van der Waals surface area contributed by atoms with Gasteiger partial charge in [0.15, 0.2) is 0 Å². The van der Waals surface area contributed by atoms with Gasteiger partial charge in [-0.15, -0.1) is 0 Å². The fourth-order valence-corrected chi connectivity index (χ4v) is 2.11. The number of nitrogens with one attached hydrogen (secondary N) is 3. The highest BCUT2D eigenvalue weighted by Crippen LogP contribution is 2.16. The number of hydrogen-bond acceptors (Lipinski definition) is 5. The molecular weight excluding hydrogens is 334 g/mol. The Kier molecular flexibility index (Phi) is 6.04. The number of aliphatic imine (C=N–C) groups is 1. The molecule has 0 radical (unpaired) electrons. The number of ether oxygens (including phenoxy) is 1. The van der Waals surface area contributed by atoms with Gasteiger partial charge in [0, 0.05) is 25.4 Å². The lowest BCUT2D eigenvalue weighted by molar-refractivity contribution is -0.131.